The van der Waals surface area contributed by atoms with Gasteiger partial charge in [-0.1, -0.05) is 0 Å². The number of aromatic nitrogens is 2. The Kier molecular flexibility index (Phi) is 6.41. The molecule has 3 N–H and O–H groups in total. The average Bonchev–Trinajstić information content (AvgIpc) is 2.77. The van der Waals surface area contributed by atoms with Gasteiger partial charge in [-0.25, -0.2) is 14.8 Å². The molecule has 156 valence electrons. The van der Waals surface area contributed by atoms with Crippen molar-refractivity contribution in [2.24, 2.45) is 0 Å². The highest BCUT2D eigenvalue weighted by Gasteiger charge is 2.25. The molecule has 1 unspecified atom stereocenters. The fourth-order valence-corrected chi connectivity index (χ4v) is 4.25. The number of hydrogen-bond acceptors (Lipinski definition) is 6. The number of carbonyl (C=O) groups is 1. The lowest BCUT2D eigenvalue weighted by Gasteiger charge is -2.30. The number of rotatable bonds is 6. The molecule has 1 atom stereocenters. The van der Waals surface area contributed by atoms with Gasteiger partial charge in [0.25, 0.3) is 0 Å². The molecule has 29 heavy (non-hydrogen) atoms. The highest BCUT2D eigenvalue weighted by molar-refractivity contribution is 5.82. The first-order valence-electron chi connectivity index (χ1n) is 10.5. The van der Waals surface area contributed by atoms with Crippen LogP contribution in [0.25, 0.3) is 10.9 Å². The van der Waals surface area contributed by atoms with Gasteiger partial charge in [0, 0.05) is 56.1 Å². The number of benzene rings is 1. The van der Waals surface area contributed by atoms with Crippen molar-refractivity contribution in [2.45, 2.75) is 37.6 Å². The van der Waals surface area contributed by atoms with Crippen LogP contribution in [0.4, 0.5) is 4.79 Å². The number of nitrogens with one attached hydrogen (secondary N) is 2. The van der Waals surface area contributed by atoms with Crippen molar-refractivity contribution in [3.05, 3.63) is 30.2 Å². The Morgan fingerprint density at radius 2 is 2.10 bits per heavy atom. The van der Waals surface area contributed by atoms with E-state index in [1.807, 2.05) is 18.2 Å². The summed E-state index contributed by atoms with van der Waals surface area (Å²) in [4.78, 5) is 21.6. The maximum absolute atomic E-state index is 11.1. The van der Waals surface area contributed by atoms with Crippen molar-refractivity contribution in [1.82, 2.24) is 25.5 Å². The minimum atomic E-state index is -0.840. The molecule has 2 fully saturated rings. The SMILES string of the molecule is O=C(O)N1CCC(c2ncnc3cc(OCCCC4CNCCN4)ccc23)CC1. The Morgan fingerprint density at radius 3 is 2.86 bits per heavy atom. The first kappa shape index (κ1) is 19.8. The molecular weight excluding hydrogens is 370 g/mol. The van der Waals surface area contributed by atoms with Crippen molar-refractivity contribution in [3.63, 3.8) is 0 Å². The molecule has 0 bridgehead atoms. The van der Waals surface area contributed by atoms with Crippen LogP contribution < -0.4 is 15.4 Å². The van der Waals surface area contributed by atoms with Crippen molar-refractivity contribution in [1.29, 1.82) is 0 Å². The van der Waals surface area contributed by atoms with Crippen molar-refractivity contribution >= 4 is 17.0 Å². The van der Waals surface area contributed by atoms with Crippen LogP contribution in [0.1, 0.15) is 37.3 Å². The molecule has 0 radical (unpaired) electrons. The van der Waals surface area contributed by atoms with E-state index >= 15 is 0 Å². The number of fused-ring (bicyclic) bond motifs is 1. The first-order valence-corrected chi connectivity index (χ1v) is 10.5. The number of nitrogens with zero attached hydrogens (tertiary/aromatic N) is 3. The van der Waals surface area contributed by atoms with Crippen LogP contribution in [0.15, 0.2) is 24.5 Å². The van der Waals surface area contributed by atoms with Crippen LogP contribution in [-0.2, 0) is 0 Å². The van der Waals surface area contributed by atoms with Gasteiger partial charge in [-0.3, -0.25) is 0 Å². The molecule has 1 aromatic carbocycles. The average molecular weight is 399 g/mol. The molecular formula is C21H29N5O3. The summed E-state index contributed by atoms with van der Waals surface area (Å²) in [7, 11) is 0. The monoisotopic (exact) mass is 399 g/mol. The van der Waals surface area contributed by atoms with Crippen LogP contribution in [0, 0.1) is 0 Å². The zero-order valence-corrected chi connectivity index (χ0v) is 16.6. The van der Waals surface area contributed by atoms with Gasteiger partial charge in [-0.05, 0) is 37.8 Å². The molecule has 1 aromatic heterocycles. The van der Waals surface area contributed by atoms with Crippen LogP contribution in [0.5, 0.6) is 5.75 Å². The van der Waals surface area contributed by atoms with Gasteiger partial charge in [-0.2, -0.15) is 0 Å². The number of hydrogen-bond donors (Lipinski definition) is 3. The number of piperazine rings is 1. The topological polar surface area (TPSA) is 99.6 Å². The molecule has 3 heterocycles. The van der Waals surface area contributed by atoms with E-state index in [4.69, 9.17) is 9.84 Å². The van der Waals surface area contributed by atoms with Gasteiger partial charge in [0.05, 0.1) is 17.8 Å². The maximum atomic E-state index is 11.1. The lowest BCUT2D eigenvalue weighted by atomic mass is 9.91. The van der Waals surface area contributed by atoms with Crippen molar-refractivity contribution in [3.8, 4) is 5.75 Å². The highest BCUT2D eigenvalue weighted by Crippen LogP contribution is 2.32. The molecule has 0 aliphatic carbocycles. The first-order chi connectivity index (χ1) is 14.2. The minimum Gasteiger partial charge on any atom is -0.494 e. The zero-order chi connectivity index (χ0) is 20.1. The quantitative estimate of drug-likeness (QED) is 0.641. The second kappa shape index (κ2) is 9.37. The molecule has 8 nitrogen and oxygen atoms in total. The molecule has 2 aliphatic rings. The summed E-state index contributed by atoms with van der Waals surface area (Å²) in [6, 6.07) is 6.54. The summed E-state index contributed by atoms with van der Waals surface area (Å²) >= 11 is 0. The van der Waals surface area contributed by atoms with Crippen molar-refractivity contribution in [2.75, 3.05) is 39.3 Å². The predicted molar refractivity (Wildman–Crippen MR) is 111 cm³/mol. The number of ether oxygens (including phenoxy) is 1. The van der Waals surface area contributed by atoms with Crippen LogP contribution >= 0.6 is 0 Å². The van der Waals surface area contributed by atoms with E-state index in [1.54, 1.807) is 6.33 Å². The largest absolute Gasteiger partial charge is 0.494 e. The van der Waals surface area contributed by atoms with E-state index in [1.165, 1.54) is 4.90 Å². The standard InChI is InChI=1S/C21H29N5O3/c27-21(28)26-9-5-15(6-10-26)20-18-4-3-17(12-19(18)24-14-25-20)29-11-1-2-16-13-22-7-8-23-16/h3-4,12,14-16,22-23H,1-2,5-11,13H2,(H,27,28). The molecule has 4 rings (SSSR count). The summed E-state index contributed by atoms with van der Waals surface area (Å²) in [5.41, 5.74) is 1.90. The lowest BCUT2D eigenvalue weighted by molar-refractivity contribution is 0.132. The van der Waals surface area contributed by atoms with E-state index in [0.29, 0.717) is 25.7 Å². The molecule has 2 saturated heterocycles. The summed E-state index contributed by atoms with van der Waals surface area (Å²) in [5, 5.41) is 17.1. The van der Waals surface area contributed by atoms with Gasteiger partial charge in [-0.15, -0.1) is 0 Å². The van der Waals surface area contributed by atoms with E-state index in [-0.39, 0.29) is 5.92 Å². The molecule has 2 aliphatic heterocycles. The zero-order valence-electron chi connectivity index (χ0n) is 16.6. The number of piperidine rings is 1. The molecule has 8 heteroatoms. The molecule has 0 saturated carbocycles. The Balaban J connectivity index is 1.35. The third-order valence-corrected chi connectivity index (χ3v) is 5.88. The van der Waals surface area contributed by atoms with E-state index in [9.17, 15) is 4.79 Å². The van der Waals surface area contributed by atoms with Gasteiger partial charge >= 0.3 is 6.09 Å². The predicted octanol–water partition coefficient (Wildman–Crippen LogP) is 2.21. The smallest absolute Gasteiger partial charge is 0.407 e. The third kappa shape index (κ3) is 4.94. The van der Waals surface area contributed by atoms with Gasteiger partial charge in [0.2, 0.25) is 0 Å². The lowest BCUT2D eigenvalue weighted by Crippen LogP contribution is -2.48. The third-order valence-electron chi connectivity index (χ3n) is 5.88. The van der Waals surface area contributed by atoms with Crippen molar-refractivity contribution < 1.29 is 14.6 Å². The summed E-state index contributed by atoms with van der Waals surface area (Å²) in [6.45, 7) is 4.91. The summed E-state index contributed by atoms with van der Waals surface area (Å²) < 4.78 is 5.95. The normalized spacial score (nSPS) is 20.7. The van der Waals surface area contributed by atoms with E-state index < -0.39 is 6.09 Å². The van der Waals surface area contributed by atoms with Crippen LogP contribution in [0.2, 0.25) is 0 Å². The highest BCUT2D eigenvalue weighted by atomic mass is 16.5. The Bertz CT molecular complexity index is 832. The summed E-state index contributed by atoms with van der Waals surface area (Å²) in [6.07, 6.45) is 4.46. The Hall–Kier alpha value is -2.45. The number of likely N-dealkylation sites (tertiary alicyclic amines) is 1. The molecule has 1 amide bonds. The fraction of sp³-hybridized carbons (Fsp3) is 0.571. The second-order valence-electron chi connectivity index (χ2n) is 7.83. The van der Waals surface area contributed by atoms with Crippen LogP contribution in [0.3, 0.4) is 0 Å². The minimum absolute atomic E-state index is 0.263. The van der Waals surface area contributed by atoms with Crippen LogP contribution in [-0.4, -0.2) is 71.4 Å². The number of amides is 1. The van der Waals surface area contributed by atoms with Gasteiger partial charge in [0.1, 0.15) is 12.1 Å². The Labute approximate surface area is 170 Å². The maximum Gasteiger partial charge on any atom is 0.407 e. The fourth-order valence-electron chi connectivity index (χ4n) is 4.25. The van der Waals surface area contributed by atoms with E-state index in [2.05, 4.69) is 20.6 Å². The summed E-state index contributed by atoms with van der Waals surface area (Å²) in [5.74, 6) is 1.09. The van der Waals surface area contributed by atoms with Gasteiger partial charge < -0.3 is 25.4 Å². The molecule has 0 spiro atoms. The Morgan fingerprint density at radius 1 is 1.24 bits per heavy atom. The van der Waals surface area contributed by atoms with Gasteiger partial charge in [0.15, 0.2) is 0 Å². The second-order valence-corrected chi connectivity index (χ2v) is 7.83. The van der Waals surface area contributed by atoms with E-state index in [0.717, 1.165) is 67.7 Å². The number of carboxylic acid groups (broad SMARTS) is 1. The molecule has 2 aromatic rings.